The van der Waals surface area contributed by atoms with Gasteiger partial charge in [-0.1, -0.05) is 12.0 Å². The standard InChI is InChI=1S/C36H37F3N6O3S/c1-2-26-28(38)10-7-20-13-25(46)14-27(29(20)26)32-30(39)31-33(49(47)45(32)24-5-3-6-24)34(43-17-22-8-9-23(18-43)40-22)42-35(41-31)48-19-36-11-4-12-44(36)16-21(37)15-36/h1,7,10,13-14,21-24,40,46H,3-6,8-9,11-12,15-19H2/t21-,22?,23?,36+,49?/m1/s1. The first-order valence-electron chi connectivity index (χ1n) is 17.2. The molecule has 6 aliphatic rings. The van der Waals surface area contributed by atoms with Crippen LogP contribution in [0.2, 0.25) is 0 Å². The predicted octanol–water partition coefficient (Wildman–Crippen LogP) is 5.04. The molecule has 9 rings (SSSR count). The van der Waals surface area contributed by atoms with Gasteiger partial charge in [-0.3, -0.25) is 4.90 Å². The topological polar surface area (TPSA) is 100 Å². The van der Waals surface area contributed by atoms with E-state index in [2.05, 4.69) is 26.0 Å². The number of rotatable bonds is 6. The van der Waals surface area contributed by atoms with Crippen molar-refractivity contribution in [2.45, 2.75) is 86.1 Å². The van der Waals surface area contributed by atoms with Gasteiger partial charge in [-0.25, -0.2) is 13.2 Å². The fraction of sp³-hybridized carbons (Fsp3) is 0.500. The molecule has 1 aliphatic carbocycles. The Morgan fingerprint density at radius 2 is 1.90 bits per heavy atom. The molecule has 2 bridgehead atoms. The molecule has 1 aromatic heterocycles. The molecular formula is C36H37F3N6O3S. The summed E-state index contributed by atoms with van der Waals surface area (Å²) in [4.78, 5) is 13.8. The molecule has 0 amide bonds. The highest BCUT2D eigenvalue weighted by atomic mass is 32.2. The molecule has 5 aliphatic heterocycles. The summed E-state index contributed by atoms with van der Waals surface area (Å²) < 4.78 is 70.2. The summed E-state index contributed by atoms with van der Waals surface area (Å²) in [5.74, 6) is 1.16. The number of aromatic nitrogens is 2. The Kier molecular flexibility index (Phi) is 7.46. The van der Waals surface area contributed by atoms with E-state index in [0.29, 0.717) is 50.1 Å². The third-order valence-electron chi connectivity index (χ3n) is 11.4. The summed E-state index contributed by atoms with van der Waals surface area (Å²) in [5.41, 5.74) is -0.655. The summed E-state index contributed by atoms with van der Waals surface area (Å²) in [5, 5.41) is 15.1. The number of alkyl halides is 1. The average molecular weight is 691 g/mol. The van der Waals surface area contributed by atoms with Gasteiger partial charge in [0, 0.05) is 49.1 Å². The van der Waals surface area contributed by atoms with Crippen LogP contribution in [-0.2, 0) is 11.4 Å². The van der Waals surface area contributed by atoms with Gasteiger partial charge >= 0.3 is 6.01 Å². The van der Waals surface area contributed by atoms with E-state index in [4.69, 9.17) is 16.1 Å². The Morgan fingerprint density at radius 3 is 2.63 bits per heavy atom. The van der Waals surface area contributed by atoms with Crippen LogP contribution in [0.1, 0.15) is 68.2 Å². The van der Waals surface area contributed by atoms with Gasteiger partial charge in [-0.2, -0.15) is 14.3 Å². The number of hydrogen-bond acceptors (Lipinski definition) is 9. The largest absolute Gasteiger partial charge is 0.588 e. The summed E-state index contributed by atoms with van der Waals surface area (Å²) in [6, 6.07) is 5.58. The van der Waals surface area contributed by atoms with Gasteiger partial charge in [-0.15, -0.1) is 6.42 Å². The van der Waals surface area contributed by atoms with Gasteiger partial charge in [0.05, 0.1) is 17.1 Å². The minimum absolute atomic E-state index is 0.0638. The summed E-state index contributed by atoms with van der Waals surface area (Å²) in [7, 11) is 0. The van der Waals surface area contributed by atoms with Gasteiger partial charge in [0.25, 0.3) is 4.90 Å². The molecule has 5 atom stereocenters. The lowest BCUT2D eigenvalue weighted by atomic mass is 9.90. The number of aromatic hydroxyl groups is 1. The van der Waals surface area contributed by atoms with Crippen LogP contribution in [0.25, 0.3) is 22.3 Å². The number of anilines is 1. The lowest BCUT2D eigenvalue weighted by molar-refractivity contribution is 0.107. The number of ether oxygens (including phenoxy) is 1. The van der Waals surface area contributed by atoms with E-state index < -0.39 is 34.7 Å². The second-order valence-electron chi connectivity index (χ2n) is 14.4. The van der Waals surface area contributed by atoms with Crippen LogP contribution in [0.15, 0.2) is 29.2 Å². The van der Waals surface area contributed by atoms with Gasteiger partial charge in [0.1, 0.15) is 41.4 Å². The van der Waals surface area contributed by atoms with Crippen LogP contribution in [0.4, 0.5) is 19.0 Å². The lowest BCUT2D eigenvalue weighted by Crippen LogP contribution is -2.52. The summed E-state index contributed by atoms with van der Waals surface area (Å²) >= 11 is -1.98. The monoisotopic (exact) mass is 690 g/mol. The highest BCUT2D eigenvalue weighted by Crippen LogP contribution is 2.51. The molecule has 2 N–H and O–H groups in total. The lowest BCUT2D eigenvalue weighted by Gasteiger charge is -2.42. The van der Waals surface area contributed by atoms with Crippen molar-refractivity contribution in [2.75, 3.05) is 37.7 Å². The Bertz CT molecular complexity index is 1920. The maximum absolute atomic E-state index is 17.6. The molecule has 0 spiro atoms. The fourth-order valence-electron chi connectivity index (χ4n) is 8.94. The van der Waals surface area contributed by atoms with Crippen molar-refractivity contribution in [3.8, 4) is 24.1 Å². The minimum atomic E-state index is -1.98. The Hall–Kier alpha value is -3.70. The SMILES string of the molecule is C#Cc1c(F)ccc2cc(O)cc(C3=C(F)c4nc(OC[C@@]56CCCN5C[C@H](F)C6)nc(N5CC6CCC(C5)N6)c4[S+]([O-])N3C3CCC3)c12. The van der Waals surface area contributed by atoms with Crippen molar-refractivity contribution in [1.29, 1.82) is 0 Å². The van der Waals surface area contributed by atoms with Gasteiger partial charge in [-0.05, 0) is 75.1 Å². The maximum atomic E-state index is 17.6. The molecule has 9 nitrogen and oxygen atoms in total. The first-order chi connectivity index (χ1) is 23.7. The number of phenols is 1. The van der Waals surface area contributed by atoms with Crippen LogP contribution < -0.4 is 15.0 Å². The zero-order chi connectivity index (χ0) is 33.6. The number of halogens is 3. The van der Waals surface area contributed by atoms with E-state index in [-0.39, 0.29) is 69.3 Å². The third kappa shape index (κ3) is 4.97. The first kappa shape index (κ1) is 31.3. The highest BCUT2D eigenvalue weighted by molar-refractivity contribution is 7.89. The number of hydrogen-bond donors (Lipinski definition) is 2. The van der Waals surface area contributed by atoms with E-state index in [9.17, 15) is 14.0 Å². The van der Waals surface area contributed by atoms with Crippen LogP contribution in [0.3, 0.4) is 0 Å². The molecule has 0 radical (unpaired) electrons. The summed E-state index contributed by atoms with van der Waals surface area (Å²) in [6.45, 7) is 2.50. The minimum Gasteiger partial charge on any atom is -0.588 e. The van der Waals surface area contributed by atoms with E-state index in [1.807, 2.05) is 0 Å². The molecule has 256 valence electrons. The molecule has 6 heterocycles. The molecule has 3 unspecified atom stereocenters. The highest BCUT2D eigenvalue weighted by Gasteiger charge is 2.51. The predicted molar refractivity (Wildman–Crippen MR) is 180 cm³/mol. The van der Waals surface area contributed by atoms with Crippen molar-refractivity contribution >= 4 is 39.5 Å². The van der Waals surface area contributed by atoms with Crippen molar-refractivity contribution in [3.05, 3.63) is 46.9 Å². The van der Waals surface area contributed by atoms with Gasteiger partial charge in [0.2, 0.25) is 0 Å². The van der Waals surface area contributed by atoms with Crippen molar-refractivity contribution in [3.63, 3.8) is 0 Å². The van der Waals surface area contributed by atoms with Crippen molar-refractivity contribution in [2.24, 2.45) is 0 Å². The number of phenolic OH excluding ortho intramolecular Hbond substituents is 1. The average Bonchev–Trinajstić information content (AvgIpc) is 3.71. The quantitative estimate of drug-likeness (QED) is 0.273. The molecular weight excluding hydrogens is 653 g/mol. The third-order valence-corrected chi connectivity index (χ3v) is 13.0. The normalized spacial score (nSPS) is 29.7. The number of nitrogens with one attached hydrogen (secondary N) is 1. The van der Waals surface area contributed by atoms with E-state index in [0.717, 1.165) is 38.6 Å². The zero-order valence-electron chi connectivity index (χ0n) is 26.9. The Labute approximate surface area is 285 Å². The van der Waals surface area contributed by atoms with Crippen molar-refractivity contribution in [1.82, 2.24) is 24.5 Å². The molecule has 1 saturated carbocycles. The van der Waals surface area contributed by atoms with Crippen LogP contribution >= 0.6 is 0 Å². The fourth-order valence-corrected chi connectivity index (χ4v) is 10.6. The molecule has 49 heavy (non-hydrogen) atoms. The molecule has 5 fully saturated rings. The smallest absolute Gasteiger partial charge is 0.319 e. The molecule has 4 saturated heterocycles. The van der Waals surface area contributed by atoms with E-state index in [1.165, 1.54) is 24.3 Å². The maximum Gasteiger partial charge on any atom is 0.319 e. The van der Waals surface area contributed by atoms with E-state index >= 15 is 8.78 Å². The van der Waals surface area contributed by atoms with Gasteiger partial charge in [0.15, 0.2) is 17.3 Å². The molecule has 3 aromatic rings. The van der Waals surface area contributed by atoms with Crippen molar-refractivity contribution < 1.29 is 27.6 Å². The van der Waals surface area contributed by atoms with Crippen LogP contribution in [0, 0.1) is 18.2 Å². The van der Waals surface area contributed by atoms with E-state index in [1.54, 1.807) is 4.31 Å². The molecule has 13 heteroatoms. The number of fused-ring (bicyclic) bond motifs is 5. The number of benzene rings is 2. The number of nitrogens with zero attached hydrogens (tertiary/aromatic N) is 5. The van der Waals surface area contributed by atoms with Crippen LogP contribution in [-0.4, -0.2) is 91.5 Å². The zero-order valence-corrected chi connectivity index (χ0v) is 27.7. The Balaban J connectivity index is 1.24. The number of piperazine rings is 1. The van der Waals surface area contributed by atoms with Gasteiger partial charge < -0.3 is 24.6 Å². The second kappa shape index (κ2) is 11.7. The first-order valence-corrected chi connectivity index (χ1v) is 18.3. The summed E-state index contributed by atoms with van der Waals surface area (Å²) in [6.07, 6.45) is 11.1. The van der Waals surface area contributed by atoms with Crippen LogP contribution in [0.5, 0.6) is 11.8 Å². The Morgan fingerprint density at radius 1 is 1.10 bits per heavy atom. The second-order valence-corrected chi connectivity index (χ2v) is 15.7. The molecule has 2 aromatic carbocycles. The number of terminal acetylenes is 1.